The van der Waals surface area contributed by atoms with Crippen molar-refractivity contribution in [1.82, 2.24) is 0 Å². The molecule has 0 spiro atoms. The first kappa shape index (κ1) is 15.6. The van der Waals surface area contributed by atoms with E-state index in [1.54, 1.807) is 12.1 Å². The molecule has 0 aliphatic rings. The topological polar surface area (TPSA) is 33.4 Å². The summed E-state index contributed by atoms with van der Waals surface area (Å²) in [5, 5.41) is 8.33. The molecule has 0 amide bonds. The van der Waals surface area contributed by atoms with E-state index in [1.807, 2.05) is 0 Å². The molecule has 0 aliphatic carbocycles. The first-order valence-corrected chi connectivity index (χ1v) is 7.19. The van der Waals surface area contributed by atoms with Crippen molar-refractivity contribution in [3.63, 3.8) is 0 Å². The van der Waals surface area contributed by atoms with Gasteiger partial charge in [0.05, 0.1) is 6.26 Å². The standard InChI is InChI=1S/C5H6O2.C4H10Si.Ti/c6-4-5-2-1-3-7-5;1-5(2,3)4;/h1-3,6H,4H2;1-2H2,3-4H3;/q;-2;+2. The fourth-order valence-corrected chi connectivity index (χ4v) is 0.403. The van der Waals surface area contributed by atoms with Gasteiger partial charge in [-0.25, -0.2) is 0 Å². The van der Waals surface area contributed by atoms with Crippen molar-refractivity contribution in [2.24, 2.45) is 0 Å². The summed E-state index contributed by atoms with van der Waals surface area (Å²) in [6.07, 6.45) is 1.53. The zero-order valence-electron chi connectivity index (χ0n) is 8.21. The van der Waals surface area contributed by atoms with Gasteiger partial charge in [0.25, 0.3) is 0 Å². The van der Waals surface area contributed by atoms with E-state index < -0.39 is 8.07 Å². The molecule has 1 aromatic rings. The van der Waals surface area contributed by atoms with E-state index in [1.165, 1.54) is 6.26 Å². The van der Waals surface area contributed by atoms with Crippen LogP contribution in [0.5, 0.6) is 0 Å². The van der Waals surface area contributed by atoms with Crippen molar-refractivity contribution in [2.75, 3.05) is 0 Å². The predicted molar refractivity (Wildman–Crippen MR) is 52.8 cm³/mol. The van der Waals surface area contributed by atoms with Gasteiger partial charge in [-0.05, 0) is 12.1 Å². The Morgan fingerprint density at radius 1 is 1.46 bits per heavy atom. The third-order valence-corrected chi connectivity index (χ3v) is 0.736. The average molecular weight is 232 g/mol. The minimum atomic E-state index is -1.11. The normalized spacial score (nSPS) is 9.62. The zero-order chi connectivity index (χ0) is 9.61. The maximum absolute atomic E-state index is 8.33. The van der Waals surface area contributed by atoms with Crippen LogP contribution in [0.2, 0.25) is 13.1 Å². The van der Waals surface area contributed by atoms with Crippen LogP contribution in [0.15, 0.2) is 22.8 Å². The van der Waals surface area contributed by atoms with E-state index >= 15 is 0 Å². The maximum atomic E-state index is 8.33. The fraction of sp³-hybridized carbons (Fsp3) is 0.333. The second-order valence-corrected chi connectivity index (χ2v) is 7.73. The molecular formula is C9H16O2SiTi. The molecular weight excluding hydrogens is 216 g/mol. The van der Waals surface area contributed by atoms with E-state index in [2.05, 4.69) is 26.2 Å². The van der Waals surface area contributed by atoms with Crippen molar-refractivity contribution in [2.45, 2.75) is 19.7 Å². The van der Waals surface area contributed by atoms with Gasteiger partial charge in [-0.15, -0.1) is 13.1 Å². The van der Waals surface area contributed by atoms with Gasteiger partial charge in [0.2, 0.25) is 0 Å². The third-order valence-electron chi connectivity index (χ3n) is 0.736. The minimum Gasteiger partial charge on any atom is -0.467 e. The van der Waals surface area contributed by atoms with Crippen molar-refractivity contribution in [3.05, 3.63) is 37.3 Å². The van der Waals surface area contributed by atoms with Crippen molar-refractivity contribution in [1.29, 1.82) is 0 Å². The van der Waals surface area contributed by atoms with Crippen molar-refractivity contribution in [3.8, 4) is 0 Å². The van der Waals surface area contributed by atoms with Gasteiger partial charge in [0.1, 0.15) is 12.4 Å². The Hall–Kier alpha value is 0.171. The molecule has 0 unspecified atom stereocenters. The van der Waals surface area contributed by atoms with Gasteiger partial charge in [-0.1, -0.05) is 0 Å². The predicted octanol–water partition coefficient (Wildman–Crippen LogP) is 2.21. The second-order valence-electron chi connectivity index (χ2n) is 3.40. The summed E-state index contributed by atoms with van der Waals surface area (Å²) in [7, 11) is -1.11. The summed E-state index contributed by atoms with van der Waals surface area (Å²) >= 11 is 0. The number of aliphatic hydroxyl groups is 1. The Morgan fingerprint density at radius 2 is 1.92 bits per heavy atom. The number of hydrogen-bond acceptors (Lipinski definition) is 2. The van der Waals surface area contributed by atoms with E-state index in [-0.39, 0.29) is 28.3 Å². The van der Waals surface area contributed by atoms with Gasteiger partial charge in [-0.3, -0.25) is 8.07 Å². The third kappa shape index (κ3) is 15.0. The van der Waals surface area contributed by atoms with Crippen LogP contribution in [-0.2, 0) is 28.3 Å². The van der Waals surface area contributed by atoms with E-state index in [4.69, 9.17) is 9.52 Å². The quantitative estimate of drug-likeness (QED) is 0.595. The van der Waals surface area contributed by atoms with Gasteiger partial charge >= 0.3 is 21.7 Å². The Bertz CT molecular complexity index is 186. The van der Waals surface area contributed by atoms with E-state index in [0.717, 1.165) is 0 Å². The molecule has 0 saturated carbocycles. The molecule has 1 N–H and O–H groups in total. The zero-order valence-corrected chi connectivity index (χ0v) is 10.8. The van der Waals surface area contributed by atoms with Crippen LogP contribution in [0.4, 0.5) is 0 Å². The van der Waals surface area contributed by atoms with Crippen molar-refractivity contribution >= 4 is 8.07 Å². The van der Waals surface area contributed by atoms with Crippen LogP contribution in [0, 0.1) is 13.1 Å². The maximum Gasteiger partial charge on any atom is 2.00 e. The summed E-state index contributed by atoms with van der Waals surface area (Å²) in [5.41, 5.74) is 0. The second kappa shape index (κ2) is 7.56. The Kier molecular flexibility index (Phi) is 9.10. The van der Waals surface area contributed by atoms with Crippen LogP contribution in [0.3, 0.4) is 0 Å². The molecule has 1 heterocycles. The smallest absolute Gasteiger partial charge is 0.467 e. The molecule has 4 heteroatoms. The molecule has 1 aromatic heterocycles. The molecule has 0 radical (unpaired) electrons. The van der Waals surface area contributed by atoms with Gasteiger partial charge in [0, 0.05) is 0 Å². The molecule has 0 aromatic carbocycles. The molecule has 0 atom stereocenters. The molecule has 2 nitrogen and oxygen atoms in total. The summed E-state index contributed by atoms with van der Waals surface area (Å²) in [4.78, 5) is 0. The molecule has 13 heavy (non-hydrogen) atoms. The molecule has 1 rings (SSSR count). The molecule has 0 bridgehead atoms. The average Bonchev–Trinajstić information content (AvgIpc) is 2.33. The minimum absolute atomic E-state index is 0. The number of hydrogen-bond donors (Lipinski definition) is 1. The summed E-state index contributed by atoms with van der Waals surface area (Å²) < 4.78 is 4.73. The summed E-state index contributed by atoms with van der Waals surface area (Å²) in [5.74, 6) is 0.611. The van der Waals surface area contributed by atoms with E-state index in [9.17, 15) is 0 Å². The monoisotopic (exact) mass is 232 g/mol. The van der Waals surface area contributed by atoms with E-state index in [0.29, 0.717) is 5.76 Å². The first-order valence-electron chi connectivity index (χ1n) is 3.77. The van der Waals surface area contributed by atoms with Crippen LogP contribution >= 0.6 is 0 Å². The van der Waals surface area contributed by atoms with Crippen LogP contribution < -0.4 is 0 Å². The number of furan rings is 1. The fourth-order valence-electron chi connectivity index (χ4n) is 0.403. The Morgan fingerprint density at radius 3 is 2.08 bits per heavy atom. The van der Waals surface area contributed by atoms with Crippen molar-refractivity contribution < 1.29 is 31.2 Å². The van der Waals surface area contributed by atoms with Gasteiger partial charge < -0.3 is 22.6 Å². The number of aliphatic hydroxyl groups excluding tert-OH is 1. The Labute approximate surface area is 96.2 Å². The number of rotatable bonds is 1. The molecule has 0 fully saturated rings. The van der Waals surface area contributed by atoms with Crippen LogP contribution in [0.1, 0.15) is 5.76 Å². The first-order chi connectivity index (χ1) is 5.43. The molecule has 0 saturated heterocycles. The SMILES string of the molecule is OCc1ccco1.[CH2-][Si]([CH2-])(C)C.[Ti+2]. The van der Waals surface area contributed by atoms with Gasteiger partial charge in [-0.2, -0.15) is 0 Å². The van der Waals surface area contributed by atoms with Crippen LogP contribution in [-0.4, -0.2) is 13.2 Å². The van der Waals surface area contributed by atoms with Gasteiger partial charge in [0.15, 0.2) is 0 Å². The largest absolute Gasteiger partial charge is 2.00 e. The summed E-state index contributed by atoms with van der Waals surface area (Å²) in [6.45, 7) is 11.8. The molecule has 72 valence electrons. The summed E-state index contributed by atoms with van der Waals surface area (Å²) in [6, 6.07) is 3.46. The Balaban J connectivity index is 0. The molecule has 0 aliphatic heterocycles. The van der Waals surface area contributed by atoms with Crippen LogP contribution in [0.25, 0.3) is 0 Å².